The van der Waals surface area contributed by atoms with Crippen molar-refractivity contribution >= 4 is 17.9 Å². The summed E-state index contributed by atoms with van der Waals surface area (Å²) in [6.07, 6.45) is 2.71. The Balaban J connectivity index is 3.43. The molecule has 1 aromatic rings. The molecule has 0 saturated heterocycles. The van der Waals surface area contributed by atoms with Gasteiger partial charge in [0.1, 0.15) is 17.7 Å². The molecule has 7 nitrogen and oxygen atoms in total. The highest BCUT2D eigenvalue weighted by atomic mass is 16.6. The Labute approximate surface area is 205 Å². The molecule has 0 aromatic heterocycles. The van der Waals surface area contributed by atoms with Crippen LogP contribution in [-0.2, 0) is 14.3 Å². The molecule has 190 valence electrons. The predicted molar refractivity (Wildman–Crippen MR) is 136 cm³/mol. The van der Waals surface area contributed by atoms with Crippen LogP contribution < -0.4 is 10.6 Å². The number of ether oxygens (including phenoxy) is 1. The topological polar surface area (TPSA) is 87.7 Å². The minimum absolute atomic E-state index is 0.150. The van der Waals surface area contributed by atoms with Gasteiger partial charge in [-0.3, -0.25) is 9.59 Å². The molecule has 0 aliphatic rings. The van der Waals surface area contributed by atoms with Crippen molar-refractivity contribution in [2.24, 2.45) is 5.92 Å². The predicted octanol–water partition coefficient (Wildman–Crippen LogP) is 4.82. The zero-order valence-electron chi connectivity index (χ0n) is 22.2. The van der Waals surface area contributed by atoms with E-state index >= 15 is 0 Å². The first kappa shape index (κ1) is 29.2. The van der Waals surface area contributed by atoms with Gasteiger partial charge in [0.25, 0.3) is 0 Å². The fourth-order valence-corrected chi connectivity index (χ4v) is 3.71. The summed E-state index contributed by atoms with van der Waals surface area (Å²) in [5.41, 5.74) is 2.02. The van der Waals surface area contributed by atoms with Crippen molar-refractivity contribution in [2.75, 3.05) is 13.1 Å². The second-order valence-corrected chi connectivity index (χ2v) is 10.1. The van der Waals surface area contributed by atoms with Crippen molar-refractivity contribution in [3.8, 4) is 0 Å². The third-order valence-electron chi connectivity index (χ3n) is 5.16. The number of rotatable bonds is 11. The SMILES string of the molecule is C=CCN(C(=O)C(NC(=O)OC(C)(C)C)C(C)C)C(C(=O)NCCCC)c1cc(C)cc(C)c1. The lowest BCUT2D eigenvalue weighted by molar-refractivity contribution is -0.142. The second kappa shape index (κ2) is 13.2. The van der Waals surface area contributed by atoms with Crippen molar-refractivity contribution in [3.63, 3.8) is 0 Å². The fraction of sp³-hybridized carbons (Fsp3) is 0.593. The maximum atomic E-state index is 13.8. The van der Waals surface area contributed by atoms with Gasteiger partial charge in [0, 0.05) is 13.1 Å². The minimum Gasteiger partial charge on any atom is -0.444 e. The second-order valence-electron chi connectivity index (χ2n) is 10.1. The molecule has 7 heteroatoms. The zero-order valence-corrected chi connectivity index (χ0v) is 22.2. The van der Waals surface area contributed by atoms with Gasteiger partial charge in [0.05, 0.1) is 0 Å². The molecule has 1 aromatic carbocycles. The van der Waals surface area contributed by atoms with Crippen LogP contribution in [0, 0.1) is 19.8 Å². The molecule has 0 aliphatic carbocycles. The Hall–Kier alpha value is -2.83. The average molecular weight is 474 g/mol. The van der Waals surface area contributed by atoms with E-state index < -0.39 is 23.8 Å². The molecule has 2 unspecified atom stereocenters. The molecule has 3 amide bonds. The number of amides is 3. The lowest BCUT2D eigenvalue weighted by atomic mass is 9.96. The van der Waals surface area contributed by atoms with Crippen LogP contribution in [0.25, 0.3) is 0 Å². The van der Waals surface area contributed by atoms with E-state index in [2.05, 4.69) is 24.1 Å². The highest BCUT2D eigenvalue weighted by Gasteiger charge is 2.37. The summed E-state index contributed by atoms with van der Waals surface area (Å²) in [5.74, 6) is -0.848. The van der Waals surface area contributed by atoms with Crippen LogP contribution in [0.4, 0.5) is 4.79 Å². The number of nitrogens with one attached hydrogen (secondary N) is 2. The molecule has 2 N–H and O–H groups in total. The molecule has 1 rings (SSSR count). The van der Waals surface area contributed by atoms with Gasteiger partial charge in [-0.05, 0) is 52.5 Å². The Kier molecular flexibility index (Phi) is 11.3. The molecule has 0 spiro atoms. The largest absolute Gasteiger partial charge is 0.444 e. The van der Waals surface area contributed by atoms with Gasteiger partial charge in [0.15, 0.2) is 0 Å². The number of unbranched alkanes of at least 4 members (excludes halogenated alkanes) is 1. The molecule has 0 bridgehead atoms. The smallest absolute Gasteiger partial charge is 0.408 e. The molecule has 0 radical (unpaired) electrons. The van der Waals surface area contributed by atoms with Crippen molar-refractivity contribution < 1.29 is 19.1 Å². The fourth-order valence-electron chi connectivity index (χ4n) is 3.71. The van der Waals surface area contributed by atoms with E-state index in [1.165, 1.54) is 4.90 Å². The normalized spacial score (nSPS) is 13.1. The first-order chi connectivity index (χ1) is 15.8. The summed E-state index contributed by atoms with van der Waals surface area (Å²) in [6.45, 7) is 19.4. The number of carbonyl (C=O) groups is 3. The third-order valence-corrected chi connectivity index (χ3v) is 5.16. The Morgan fingerprint density at radius 3 is 2.18 bits per heavy atom. The third kappa shape index (κ3) is 9.20. The number of nitrogens with zero attached hydrogens (tertiary/aromatic N) is 1. The van der Waals surface area contributed by atoms with Gasteiger partial charge in [0.2, 0.25) is 11.8 Å². The quantitative estimate of drug-likeness (QED) is 0.356. The lowest BCUT2D eigenvalue weighted by Gasteiger charge is -2.35. The van der Waals surface area contributed by atoms with Crippen molar-refractivity contribution in [1.29, 1.82) is 0 Å². The number of benzene rings is 1. The van der Waals surface area contributed by atoms with E-state index in [1.807, 2.05) is 45.9 Å². The van der Waals surface area contributed by atoms with Gasteiger partial charge in [-0.2, -0.15) is 0 Å². The summed E-state index contributed by atoms with van der Waals surface area (Å²) in [4.78, 5) is 41.2. The number of hydrogen-bond acceptors (Lipinski definition) is 4. The Bertz CT molecular complexity index is 838. The Morgan fingerprint density at radius 1 is 1.12 bits per heavy atom. The number of aryl methyl sites for hydroxylation is 2. The highest BCUT2D eigenvalue weighted by molar-refractivity contribution is 5.92. The molecular weight excluding hydrogens is 430 g/mol. The van der Waals surface area contributed by atoms with Gasteiger partial charge in [-0.1, -0.05) is 62.6 Å². The standard InChI is InChI=1S/C27H43N3O4/c1-10-12-13-28-24(31)23(21-16-19(5)15-20(6)17-21)30(14-11-2)25(32)22(18(3)4)29-26(33)34-27(7,8)9/h11,15-18,22-23H,2,10,12-14H2,1,3-9H3,(H,28,31)(H,29,33). The maximum absolute atomic E-state index is 13.8. The number of carbonyl (C=O) groups excluding carboxylic acids is 3. The summed E-state index contributed by atoms with van der Waals surface area (Å²) >= 11 is 0. The minimum atomic E-state index is -0.869. The molecule has 0 aliphatic heterocycles. The van der Waals surface area contributed by atoms with Gasteiger partial charge >= 0.3 is 6.09 Å². The molecule has 0 saturated carbocycles. The van der Waals surface area contributed by atoms with Crippen LogP contribution >= 0.6 is 0 Å². The summed E-state index contributed by atoms with van der Waals surface area (Å²) < 4.78 is 5.38. The monoisotopic (exact) mass is 473 g/mol. The van der Waals surface area contributed by atoms with Crippen LogP contribution in [0.5, 0.6) is 0 Å². The highest BCUT2D eigenvalue weighted by Crippen LogP contribution is 2.26. The van der Waals surface area contributed by atoms with Gasteiger partial charge < -0.3 is 20.3 Å². The van der Waals surface area contributed by atoms with Gasteiger partial charge in [-0.15, -0.1) is 6.58 Å². The molecule has 0 heterocycles. The van der Waals surface area contributed by atoms with Crippen molar-refractivity contribution in [1.82, 2.24) is 15.5 Å². The summed E-state index contributed by atoms with van der Waals surface area (Å²) in [6, 6.07) is 4.14. The Morgan fingerprint density at radius 2 is 1.71 bits per heavy atom. The zero-order chi connectivity index (χ0) is 26.1. The number of hydrogen-bond donors (Lipinski definition) is 2. The van der Waals surface area contributed by atoms with Crippen LogP contribution in [0.3, 0.4) is 0 Å². The van der Waals surface area contributed by atoms with E-state index in [9.17, 15) is 14.4 Å². The molecule has 2 atom stereocenters. The molecule has 34 heavy (non-hydrogen) atoms. The van der Waals surface area contributed by atoms with E-state index in [4.69, 9.17) is 4.74 Å². The van der Waals surface area contributed by atoms with Crippen LogP contribution in [0.1, 0.15) is 77.1 Å². The summed E-state index contributed by atoms with van der Waals surface area (Å²) in [5, 5.41) is 5.69. The van der Waals surface area contributed by atoms with E-state index in [0.717, 1.165) is 29.5 Å². The number of alkyl carbamates (subject to hydrolysis) is 1. The average Bonchev–Trinajstić information content (AvgIpc) is 2.69. The maximum Gasteiger partial charge on any atom is 0.408 e. The summed E-state index contributed by atoms with van der Waals surface area (Å²) in [7, 11) is 0. The first-order valence-corrected chi connectivity index (χ1v) is 12.1. The van der Waals surface area contributed by atoms with Crippen molar-refractivity contribution in [2.45, 2.75) is 85.9 Å². The van der Waals surface area contributed by atoms with Crippen molar-refractivity contribution in [3.05, 3.63) is 47.5 Å². The molecular formula is C27H43N3O4. The van der Waals surface area contributed by atoms with E-state index in [0.29, 0.717) is 6.54 Å². The van der Waals surface area contributed by atoms with Crippen LogP contribution in [0.15, 0.2) is 30.9 Å². The lowest BCUT2D eigenvalue weighted by Crippen LogP contribution is -2.55. The van der Waals surface area contributed by atoms with Crippen LogP contribution in [-0.4, -0.2) is 47.5 Å². The molecule has 0 fully saturated rings. The van der Waals surface area contributed by atoms with Crippen LogP contribution in [0.2, 0.25) is 0 Å². The van der Waals surface area contributed by atoms with Gasteiger partial charge in [-0.25, -0.2) is 4.79 Å². The van der Waals surface area contributed by atoms with E-state index in [-0.39, 0.29) is 24.3 Å². The first-order valence-electron chi connectivity index (χ1n) is 12.1. The van der Waals surface area contributed by atoms with E-state index in [1.54, 1.807) is 26.8 Å².